The first-order chi connectivity index (χ1) is 9.79. The van der Waals surface area contributed by atoms with Crippen molar-refractivity contribution in [2.24, 2.45) is 7.05 Å². The average molecular weight is 316 g/mol. The molecule has 2 aromatic rings. The van der Waals surface area contributed by atoms with Crippen LogP contribution in [-0.4, -0.2) is 24.7 Å². The first kappa shape index (κ1) is 15.4. The van der Waals surface area contributed by atoms with Crippen LogP contribution in [0, 0.1) is 11.6 Å². The molecule has 0 unspecified atom stereocenters. The second kappa shape index (κ2) is 5.78. The van der Waals surface area contributed by atoms with Gasteiger partial charge < -0.3 is 5.73 Å². The van der Waals surface area contributed by atoms with Gasteiger partial charge in [0.25, 0.3) is 0 Å². The topological polar surface area (TPSA) is 90.0 Å². The van der Waals surface area contributed by atoms with E-state index in [-0.39, 0.29) is 6.54 Å². The van der Waals surface area contributed by atoms with Gasteiger partial charge in [-0.2, -0.15) is 5.10 Å². The minimum atomic E-state index is -4.10. The predicted molar refractivity (Wildman–Crippen MR) is 72.9 cm³/mol. The van der Waals surface area contributed by atoms with Gasteiger partial charge in [0.2, 0.25) is 10.0 Å². The third-order valence-electron chi connectivity index (χ3n) is 2.78. The molecule has 0 spiro atoms. The summed E-state index contributed by atoms with van der Waals surface area (Å²) >= 11 is 0. The summed E-state index contributed by atoms with van der Waals surface area (Å²) < 4.78 is 54.3. The second-order valence-electron chi connectivity index (χ2n) is 4.43. The van der Waals surface area contributed by atoms with Crippen molar-refractivity contribution in [3.63, 3.8) is 0 Å². The Kier molecular flexibility index (Phi) is 4.24. The van der Waals surface area contributed by atoms with Crippen LogP contribution < -0.4 is 10.5 Å². The number of benzene rings is 1. The van der Waals surface area contributed by atoms with Crippen molar-refractivity contribution in [3.8, 4) is 0 Å². The van der Waals surface area contributed by atoms with Crippen molar-refractivity contribution in [1.82, 2.24) is 14.5 Å². The second-order valence-corrected chi connectivity index (χ2v) is 6.17. The van der Waals surface area contributed by atoms with E-state index >= 15 is 0 Å². The van der Waals surface area contributed by atoms with Crippen molar-refractivity contribution in [2.45, 2.75) is 11.3 Å². The minimum Gasteiger partial charge on any atom is -0.396 e. The summed E-state index contributed by atoms with van der Waals surface area (Å²) in [5, 5.41) is 4.08. The first-order valence-electron chi connectivity index (χ1n) is 6.02. The molecule has 0 aliphatic carbocycles. The van der Waals surface area contributed by atoms with E-state index < -0.39 is 32.2 Å². The van der Waals surface area contributed by atoms with Crippen LogP contribution >= 0.6 is 0 Å². The zero-order valence-electron chi connectivity index (χ0n) is 11.2. The zero-order valence-corrected chi connectivity index (χ0v) is 12.0. The van der Waals surface area contributed by atoms with Crippen molar-refractivity contribution in [1.29, 1.82) is 0 Å². The quantitative estimate of drug-likeness (QED) is 0.799. The SMILES string of the molecule is Cn1ccc(CCNS(=O)(=O)c2cc(N)c(F)cc2F)n1. The maximum Gasteiger partial charge on any atom is 0.243 e. The fraction of sp³-hybridized carbons (Fsp3) is 0.250. The van der Waals surface area contributed by atoms with Gasteiger partial charge in [0.15, 0.2) is 0 Å². The molecule has 0 aliphatic rings. The fourth-order valence-electron chi connectivity index (χ4n) is 1.74. The van der Waals surface area contributed by atoms with Crippen LogP contribution in [0.3, 0.4) is 0 Å². The average Bonchev–Trinajstić information content (AvgIpc) is 2.79. The Balaban J connectivity index is 2.10. The fourth-order valence-corrected chi connectivity index (χ4v) is 2.86. The Morgan fingerprint density at radius 2 is 2.05 bits per heavy atom. The minimum absolute atomic E-state index is 0.0378. The number of aromatic nitrogens is 2. The lowest BCUT2D eigenvalue weighted by Gasteiger charge is -2.08. The van der Waals surface area contributed by atoms with Crippen LogP contribution in [0.2, 0.25) is 0 Å². The van der Waals surface area contributed by atoms with E-state index in [4.69, 9.17) is 5.73 Å². The number of nitrogens with zero attached hydrogens (tertiary/aromatic N) is 2. The molecule has 1 heterocycles. The maximum atomic E-state index is 13.5. The third kappa shape index (κ3) is 3.56. The van der Waals surface area contributed by atoms with Crippen LogP contribution in [0.15, 0.2) is 29.3 Å². The Labute approximate surface area is 120 Å². The molecule has 0 saturated heterocycles. The summed E-state index contributed by atoms with van der Waals surface area (Å²) in [6, 6.07) is 2.95. The monoisotopic (exact) mass is 316 g/mol. The molecule has 0 fully saturated rings. The number of aryl methyl sites for hydroxylation is 1. The Morgan fingerprint density at radius 1 is 1.33 bits per heavy atom. The normalized spacial score (nSPS) is 11.8. The van der Waals surface area contributed by atoms with Gasteiger partial charge in [-0.05, 0) is 12.1 Å². The van der Waals surface area contributed by atoms with E-state index in [1.54, 1.807) is 24.0 Å². The van der Waals surface area contributed by atoms with Gasteiger partial charge in [-0.15, -0.1) is 0 Å². The lowest BCUT2D eigenvalue weighted by atomic mass is 10.3. The number of rotatable bonds is 5. The Hall–Kier alpha value is -2.00. The smallest absolute Gasteiger partial charge is 0.243 e. The Bertz CT molecular complexity index is 759. The van der Waals surface area contributed by atoms with E-state index in [0.29, 0.717) is 18.2 Å². The van der Waals surface area contributed by atoms with Crippen LogP contribution in [0.5, 0.6) is 0 Å². The summed E-state index contributed by atoms with van der Waals surface area (Å²) in [5.74, 6) is -2.19. The number of hydrogen-bond acceptors (Lipinski definition) is 4. The molecule has 9 heteroatoms. The van der Waals surface area contributed by atoms with Crippen molar-refractivity contribution in [3.05, 3.63) is 41.7 Å². The van der Waals surface area contributed by atoms with Crippen molar-refractivity contribution < 1.29 is 17.2 Å². The number of sulfonamides is 1. The van der Waals surface area contributed by atoms with Crippen LogP contribution in [0.4, 0.5) is 14.5 Å². The van der Waals surface area contributed by atoms with E-state index in [2.05, 4.69) is 9.82 Å². The van der Waals surface area contributed by atoms with Crippen LogP contribution in [-0.2, 0) is 23.5 Å². The molecule has 114 valence electrons. The molecule has 6 nitrogen and oxygen atoms in total. The van der Waals surface area contributed by atoms with Gasteiger partial charge in [-0.25, -0.2) is 21.9 Å². The molecular formula is C12H14F2N4O2S. The van der Waals surface area contributed by atoms with Gasteiger partial charge in [0.05, 0.1) is 11.4 Å². The summed E-state index contributed by atoms with van der Waals surface area (Å²) in [6.45, 7) is 0.0378. The molecule has 1 aromatic heterocycles. The number of nitrogens with one attached hydrogen (secondary N) is 1. The lowest BCUT2D eigenvalue weighted by Crippen LogP contribution is -2.27. The molecule has 0 bridgehead atoms. The molecule has 0 amide bonds. The Morgan fingerprint density at radius 3 is 2.67 bits per heavy atom. The maximum absolute atomic E-state index is 13.5. The number of halogens is 2. The molecule has 1 aromatic carbocycles. The van der Waals surface area contributed by atoms with E-state index in [0.717, 1.165) is 6.07 Å². The number of nitrogen functional groups attached to an aromatic ring is 1. The molecule has 21 heavy (non-hydrogen) atoms. The molecule has 0 radical (unpaired) electrons. The summed E-state index contributed by atoms with van der Waals surface area (Å²) in [5.41, 5.74) is 5.53. The van der Waals surface area contributed by atoms with E-state index in [1.807, 2.05) is 0 Å². The highest BCUT2D eigenvalue weighted by molar-refractivity contribution is 7.89. The number of anilines is 1. The van der Waals surface area contributed by atoms with Crippen LogP contribution in [0.25, 0.3) is 0 Å². The lowest BCUT2D eigenvalue weighted by molar-refractivity contribution is 0.544. The van der Waals surface area contributed by atoms with Crippen molar-refractivity contribution >= 4 is 15.7 Å². The number of hydrogen-bond donors (Lipinski definition) is 2. The molecule has 0 atom stereocenters. The highest BCUT2D eigenvalue weighted by Gasteiger charge is 2.20. The molecule has 0 aliphatic heterocycles. The first-order valence-corrected chi connectivity index (χ1v) is 7.50. The van der Waals surface area contributed by atoms with Gasteiger partial charge in [0, 0.05) is 32.3 Å². The van der Waals surface area contributed by atoms with Gasteiger partial charge in [-0.1, -0.05) is 0 Å². The van der Waals surface area contributed by atoms with Gasteiger partial charge >= 0.3 is 0 Å². The summed E-state index contributed by atoms with van der Waals surface area (Å²) in [7, 11) is -2.36. The molecule has 2 rings (SSSR count). The van der Waals surface area contributed by atoms with Gasteiger partial charge in [0.1, 0.15) is 16.5 Å². The third-order valence-corrected chi connectivity index (χ3v) is 4.26. The highest BCUT2D eigenvalue weighted by atomic mass is 32.2. The summed E-state index contributed by atoms with van der Waals surface area (Å²) in [6.07, 6.45) is 2.07. The molecular weight excluding hydrogens is 302 g/mol. The highest BCUT2D eigenvalue weighted by Crippen LogP contribution is 2.20. The van der Waals surface area contributed by atoms with Gasteiger partial charge in [-0.3, -0.25) is 4.68 Å². The molecule has 3 N–H and O–H groups in total. The van der Waals surface area contributed by atoms with E-state index in [1.165, 1.54) is 0 Å². The summed E-state index contributed by atoms with van der Waals surface area (Å²) in [4.78, 5) is -0.678. The standard InChI is InChI=1S/C12H14F2N4O2S/c1-18-5-3-8(17-18)2-4-16-21(19,20)12-7-11(15)9(13)6-10(12)14/h3,5-7,16H,2,4,15H2,1H3. The predicted octanol–water partition coefficient (Wildman–Crippen LogP) is 0.802. The largest absolute Gasteiger partial charge is 0.396 e. The molecule has 0 saturated carbocycles. The number of nitrogens with two attached hydrogens (primary N) is 1. The van der Waals surface area contributed by atoms with Crippen LogP contribution in [0.1, 0.15) is 5.69 Å². The zero-order chi connectivity index (χ0) is 15.6. The van der Waals surface area contributed by atoms with Crippen molar-refractivity contribution in [2.75, 3.05) is 12.3 Å². The van der Waals surface area contributed by atoms with E-state index in [9.17, 15) is 17.2 Å².